The van der Waals surface area contributed by atoms with Gasteiger partial charge in [0.1, 0.15) is 5.51 Å². The maximum Gasteiger partial charge on any atom is 0.174 e. The lowest BCUT2D eigenvalue weighted by molar-refractivity contribution is -0.177. The highest BCUT2D eigenvalue weighted by molar-refractivity contribution is 8.01. The molecular weight excluding hydrogens is 270 g/mol. The van der Waals surface area contributed by atoms with E-state index in [9.17, 15) is 0 Å². The number of nitrogens with zero attached hydrogens (tertiary/aromatic N) is 2. The number of rotatable bonds is 3. The van der Waals surface area contributed by atoms with E-state index in [4.69, 9.17) is 9.47 Å². The highest BCUT2D eigenvalue weighted by Crippen LogP contribution is 2.42. The molecule has 1 aliphatic heterocycles. The Kier molecular flexibility index (Phi) is 3.86. The van der Waals surface area contributed by atoms with Crippen LogP contribution >= 0.6 is 23.1 Å². The molecule has 0 aromatic carbocycles. The normalized spacial score (nSPS) is 30.9. The second kappa shape index (κ2) is 5.42. The summed E-state index contributed by atoms with van der Waals surface area (Å²) in [5.74, 6) is -0.338. The van der Waals surface area contributed by atoms with Gasteiger partial charge in [0.15, 0.2) is 10.1 Å². The Labute approximate surface area is 115 Å². The van der Waals surface area contributed by atoms with Crippen molar-refractivity contribution in [2.75, 3.05) is 20.3 Å². The molecule has 2 unspecified atom stereocenters. The Morgan fingerprint density at radius 2 is 2.33 bits per heavy atom. The van der Waals surface area contributed by atoms with Crippen LogP contribution in [0.2, 0.25) is 0 Å². The summed E-state index contributed by atoms with van der Waals surface area (Å²) in [4.78, 5) is 0. The van der Waals surface area contributed by atoms with Crippen LogP contribution in [0.3, 0.4) is 0 Å². The zero-order chi connectivity index (χ0) is 12.4. The van der Waals surface area contributed by atoms with Gasteiger partial charge in [0, 0.05) is 24.1 Å². The van der Waals surface area contributed by atoms with Crippen LogP contribution in [0.1, 0.15) is 19.3 Å². The molecule has 1 aromatic heterocycles. The molecule has 7 heteroatoms. The van der Waals surface area contributed by atoms with Crippen molar-refractivity contribution < 1.29 is 9.47 Å². The minimum absolute atomic E-state index is 0.338. The van der Waals surface area contributed by atoms with Gasteiger partial charge in [0.05, 0.1) is 13.2 Å². The van der Waals surface area contributed by atoms with Crippen molar-refractivity contribution in [3.8, 4) is 0 Å². The van der Waals surface area contributed by atoms with Crippen LogP contribution in [0, 0.1) is 0 Å². The van der Waals surface area contributed by atoms with Crippen molar-refractivity contribution in [3.05, 3.63) is 5.51 Å². The molecule has 1 N–H and O–H groups in total. The van der Waals surface area contributed by atoms with Crippen LogP contribution in [-0.2, 0) is 9.47 Å². The predicted octanol–water partition coefficient (Wildman–Crippen LogP) is 1.51. The van der Waals surface area contributed by atoms with E-state index in [-0.39, 0.29) is 5.79 Å². The average molecular weight is 287 g/mol. The van der Waals surface area contributed by atoms with Crippen molar-refractivity contribution >= 4 is 23.1 Å². The van der Waals surface area contributed by atoms with Crippen molar-refractivity contribution in [1.82, 2.24) is 15.5 Å². The molecule has 0 amide bonds. The van der Waals surface area contributed by atoms with E-state index in [1.807, 2.05) is 7.05 Å². The zero-order valence-corrected chi connectivity index (χ0v) is 11.9. The monoisotopic (exact) mass is 287 g/mol. The van der Waals surface area contributed by atoms with Crippen molar-refractivity contribution in [2.24, 2.45) is 0 Å². The molecule has 2 heterocycles. The van der Waals surface area contributed by atoms with Gasteiger partial charge in [-0.15, -0.1) is 10.2 Å². The second-order valence-electron chi connectivity index (χ2n) is 4.61. The molecule has 1 saturated carbocycles. The van der Waals surface area contributed by atoms with Gasteiger partial charge in [-0.2, -0.15) is 0 Å². The van der Waals surface area contributed by atoms with Crippen molar-refractivity contribution in [2.45, 2.75) is 40.7 Å². The molecule has 2 fully saturated rings. The zero-order valence-electron chi connectivity index (χ0n) is 10.3. The van der Waals surface area contributed by atoms with E-state index in [0.717, 1.165) is 36.8 Å². The molecule has 2 aliphatic rings. The van der Waals surface area contributed by atoms with Gasteiger partial charge in [0.2, 0.25) is 0 Å². The Bertz CT molecular complexity index is 382. The fraction of sp³-hybridized carbons (Fsp3) is 0.818. The van der Waals surface area contributed by atoms with E-state index in [2.05, 4.69) is 15.5 Å². The van der Waals surface area contributed by atoms with Gasteiger partial charge >= 0.3 is 0 Å². The van der Waals surface area contributed by atoms with E-state index in [0.29, 0.717) is 11.3 Å². The third-order valence-electron chi connectivity index (χ3n) is 3.57. The number of aromatic nitrogens is 2. The summed E-state index contributed by atoms with van der Waals surface area (Å²) in [5.41, 5.74) is 1.78. The van der Waals surface area contributed by atoms with Crippen molar-refractivity contribution in [1.29, 1.82) is 0 Å². The van der Waals surface area contributed by atoms with Crippen LogP contribution in [0.25, 0.3) is 0 Å². The highest BCUT2D eigenvalue weighted by Gasteiger charge is 2.45. The SMILES string of the molecule is CNC1CCC2(CC1Sc1nncs1)OCCO2. The molecule has 5 nitrogen and oxygen atoms in total. The quantitative estimate of drug-likeness (QED) is 0.909. The number of hydrogen-bond donors (Lipinski definition) is 1. The lowest BCUT2D eigenvalue weighted by Crippen LogP contribution is -2.48. The van der Waals surface area contributed by atoms with E-state index < -0.39 is 0 Å². The van der Waals surface area contributed by atoms with Crippen LogP contribution in [-0.4, -0.2) is 47.5 Å². The lowest BCUT2D eigenvalue weighted by Gasteiger charge is -2.40. The topological polar surface area (TPSA) is 56.3 Å². The molecule has 0 radical (unpaired) electrons. The standard InChI is InChI=1S/C11H17N3O2S2/c1-12-8-2-3-11(15-4-5-16-11)6-9(8)18-10-14-13-7-17-10/h7-9,12H,2-6H2,1H3. The summed E-state index contributed by atoms with van der Waals surface area (Å²) in [7, 11) is 2.02. The summed E-state index contributed by atoms with van der Waals surface area (Å²) < 4.78 is 12.7. The molecule has 1 spiro atoms. The Balaban J connectivity index is 1.71. The van der Waals surface area contributed by atoms with Gasteiger partial charge < -0.3 is 14.8 Å². The van der Waals surface area contributed by atoms with Gasteiger partial charge in [-0.25, -0.2) is 0 Å². The fourth-order valence-electron chi connectivity index (χ4n) is 2.67. The number of ether oxygens (including phenoxy) is 2. The highest BCUT2D eigenvalue weighted by atomic mass is 32.2. The maximum absolute atomic E-state index is 5.83. The van der Waals surface area contributed by atoms with Crippen LogP contribution in [0.15, 0.2) is 9.85 Å². The second-order valence-corrected chi connectivity index (χ2v) is 6.93. The molecular formula is C11H17N3O2S2. The van der Waals surface area contributed by atoms with Crippen LogP contribution in [0.4, 0.5) is 0 Å². The first-order valence-corrected chi connectivity index (χ1v) is 7.95. The van der Waals surface area contributed by atoms with Crippen LogP contribution < -0.4 is 5.32 Å². The van der Waals surface area contributed by atoms with Gasteiger partial charge in [0.25, 0.3) is 0 Å². The summed E-state index contributed by atoms with van der Waals surface area (Å²) >= 11 is 3.38. The van der Waals surface area contributed by atoms with Gasteiger partial charge in [-0.05, 0) is 13.5 Å². The smallest absolute Gasteiger partial charge is 0.174 e. The molecule has 100 valence electrons. The van der Waals surface area contributed by atoms with E-state index >= 15 is 0 Å². The van der Waals surface area contributed by atoms with E-state index in [1.165, 1.54) is 0 Å². The summed E-state index contributed by atoms with van der Waals surface area (Å²) in [5, 5.41) is 11.8. The Morgan fingerprint density at radius 1 is 1.50 bits per heavy atom. The Hall–Kier alpha value is -0.210. The minimum atomic E-state index is -0.338. The molecule has 2 atom stereocenters. The number of nitrogens with one attached hydrogen (secondary N) is 1. The molecule has 0 bridgehead atoms. The summed E-state index contributed by atoms with van der Waals surface area (Å²) in [6.07, 6.45) is 2.97. The minimum Gasteiger partial charge on any atom is -0.347 e. The lowest BCUT2D eigenvalue weighted by atomic mass is 9.89. The van der Waals surface area contributed by atoms with Crippen molar-refractivity contribution in [3.63, 3.8) is 0 Å². The fourth-order valence-corrected chi connectivity index (χ4v) is 4.80. The molecule has 3 rings (SSSR count). The first-order chi connectivity index (χ1) is 8.81. The first-order valence-electron chi connectivity index (χ1n) is 6.19. The predicted molar refractivity (Wildman–Crippen MR) is 70.9 cm³/mol. The largest absolute Gasteiger partial charge is 0.347 e. The molecule has 1 saturated heterocycles. The summed E-state index contributed by atoms with van der Waals surface area (Å²) in [6, 6.07) is 0.484. The van der Waals surface area contributed by atoms with Gasteiger partial charge in [-0.1, -0.05) is 23.1 Å². The number of thioether (sulfide) groups is 1. The summed E-state index contributed by atoms with van der Waals surface area (Å²) in [6.45, 7) is 1.45. The Morgan fingerprint density at radius 3 is 3.00 bits per heavy atom. The van der Waals surface area contributed by atoms with Crippen LogP contribution in [0.5, 0.6) is 0 Å². The third-order valence-corrected chi connectivity index (χ3v) is 5.72. The first kappa shape index (κ1) is 12.8. The molecule has 1 aromatic rings. The maximum atomic E-state index is 5.83. The molecule has 18 heavy (non-hydrogen) atoms. The van der Waals surface area contributed by atoms with Gasteiger partial charge in [-0.3, -0.25) is 0 Å². The van der Waals surface area contributed by atoms with E-state index in [1.54, 1.807) is 28.6 Å². The number of hydrogen-bond acceptors (Lipinski definition) is 7. The average Bonchev–Trinajstić information content (AvgIpc) is 3.02. The third kappa shape index (κ3) is 2.55. The molecule has 1 aliphatic carbocycles.